The molecule has 2 rings (SSSR count). The van der Waals surface area contributed by atoms with E-state index in [1.54, 1.807) is 6.07 Å². The number of rotatable bonds is 4. The molecule has 102 valence electrons. The number of halogens is 1. The van der Waals surface area contributed by atoms with Gasteiger partial charge in [-0.3, -0.25) is 4.79 Å². The van der Waals surface area contributed by atoms with E-state index in [1.807, 2.05) is 18.2 Å². The molecule has 1 atom stereocenters. The third-order valence-electron chi connectivity index (χ3n) is 3.02. The number of benzene rings is 1. The number of carbonyl (C=O) groups is 2. The van der Waals surface area contributed by atoms with Crippen molar-refractivity contribution < 1.29 is 19.4 Å². The lowest BCUT2D eigenvalue weighted by atomic mass is 10.2. The van der Waals surface area contributed by atoms with Gasteiger partial charge in [0.05, 0.1) is 0 Å². The standard InChI is InChI=1S/C13H14INO4/c14-9-3-1-4-10(7-9)19-8-12(16)15-6-2-5-11(15)13(17)18/h1,3-4,7,11H,2,5-6,8H2,(H,17,18)/t11-/m1/s1. The monoisotopic (exact) mass is 375 g/mol. The SMILES string of the molecule is O=C(O)[C@H]1CCCN1C(=O)COc1cccc(I)c1. The van der Waals surface area contributed by atoms with Crippen molar-refractivity contribution in [2.24, 2.45) is 0 Å². The lowest BCUT2D eigenvalue weighted by Gasteiger charge is -2.21. The Bertz CT molecular complexity index is 491. The average Bonchev–Trinajstić information content (AvgIpc) is 2.85. The lowest BCUT2D eigenvalue weighted by Crippen LogP contribution is -2.42. The van der Waals surface area contributed by atoms with Gasteiger partial charge >= 0.3 is 5.97 Å². The number of hydrogen-bond acceptors (Lipinski definition) is 3. The highest BCUT2D eigenvalue weighted by atomic mass is 127. The van der Waals surface area contributed by atoms with Crippen LogP contribution in [0.25, 0.3) is 0 Å². The molecule has 0 spiro atoms. The second-order valence-electron chi connectivity index (χ2n) is 4.33. The molecule has 1 amide bonds. The summed E-state index contributed by atoms with van der Waals surface area (Å²) in [6.07, 6.45) is 1.25. The molecular weight excluding hydrogens is 361 g/mol. The van der Waals surface area contributed by atoms with Gasteiger partial charge < -0.3 is 14.7 Å². The highest BCUT2D eigenvalue weighted by Gasteiger charge is 2.33. The van der Waals surface area contributed by atoms with Crippen molar-refractivity contribution in [1.29, 1.82) is 0 Å². The topological polar surface area (TPSA) is 66.8 Å². The molecule has 19 heavy (non-hydrogen) atoms. The normalized spacial score (nSPS) is 18.4. The number of hydrogen-bond donors (Lipinski definition) is 1. The van der Waals surface area contributed by atoms with E-state index in [0.29, 0.717) is 18.7 Å². The molecule has 0 unspecified atom stereocenters. The zero-order valence-corrected chi connectivity index (χ0v) is 12.4. The summed E-state index contributed by atoms with van der Waals surface area (Å²) in [5, 5.41) is 9.02. The molecule has 1 aromatic rings. The molecule has 0 aromatic heterocycles. The van der Waals surface area contributed by atoms with Crippen LogP contribution in [0.3, 0.4) is 0 Å². The Labute approximate surface area is 124 Å². The molecule has 1 N–H and O–H groups in total. The number of carboxylic acids is 1. The van der Waals surface area contributed by atoms with Gasteiger partial charge in [-0.15, -0.1) is 0 Å². The first-order chi connectivity index (χ1) is 9.08. The third-order valence-corrected chi connectivity index (χ3v) is 3.69. The van der Waals surface area contributed by atoms with Crippen LogP contribution in [-0.4, -0.2) is 41.1 Å². The molecule has 0 aliphatic carbocycles. The molecule has 0 saturated carbocycles. The van der Waals surface area contributed by atoms with Crippen LogP contribution in [0, 0.1) is 3.57 Å². The predicted molar refractivity (Wildman–Crippen MR) is 77.0 cm³/mol. The molecule has 1 aliphatic heterocycles. The van der Waals surface area contributed by atoms with Gasteiger partial charge in [-0.05, 0) is 53.6 Å². The second kappa shape index (κ2) is 6.23. The van der Waals surface area contributed by atoms with E-state index >= 15 is 0 Å². The summed E-state index contributed by atoms with van der Waals surface area (Å²) in [6.45, 7) is 0.370. The molecule has 1 saturated heterocycles. The number of nitrogens with zero attached hydrogens (tertiary/aromatic N) is 1. The summed E-state index contributed by atoms with van der Waals surface area (Å²) in [5.74, 6) is -0.602. The summed E-state index contributed by atoms with van der Waals surface area (Å²) in [7, 11) is 0. The number of ether oxygens (including phenoxy) is 1. The van der Waals surface area contributed by atoms with Gasteiger partial charge in [0, 0.05) is 10.1 Å². The second-order valence-corrected chi connectivity index (χ2v) is 5.58. The Kier molecular flexibility index (Phi) is 4.62. The fourth-order valence-corrected chi connectivity index (χ4v) is 2.62. The summed E-state index contributed by atoms with van der Waals surface area (Å²) >= 11 is 2.16. The Morgan fingerprint density at radius 2 is 2.26 bits per heavy atom. The minimum atomic E-state index is -0.944. The van der Waals surface area contributed by atoms with Crippen LogP contribution in [0.1, 0.15) is 12.8 Å². The van der Waals surface area contributed by atoms with Crippen molar-refractivity contribution in [3.63, 3.8) is 0 Å². The van der Waals surface area contributed by atoms with Crippen molar-refractivity contribution in [3.05, 3.63) is 27.8 Å². The number of carboxylic acid groups (broad SMARTS) is 1. The number of amides is 1. The van der Waals surface area contributed by atoms with Crippen molar-refractivity contribution >= 4 is 34.5 Å². The van der Waals surface area contributed by atoms with Crippen LogP contribution in [0.4, 0.5) is 0 Å². The third kappa shape index (κ3) is 3.59. The van der Waals surface area contributed by atoms with Crippen LogP contribution >= 0.6 is 22.6 Å². The molecule has 1 aliphatic rings. The predicted octanol–water partition coefficient (Wildman–Crippen LogP) is 1.75. The quantitative estimate of drug-likeness (QED) is 0.815. The van der Waals surface area contributed by atoms with E-state index in [4.69, 9.17) is 9.84 Å². The number of likely N-dealkylation sites (tertiary alicyclic amines) is 1. The first-order valence-corrected chi connectivity index (χ1v) is 7.06. The maximum absolute atomic E-state index is 12.0. The average molecular weight is 375 g/mol. The molecule has 6 heteroatoms. The first kappa shape index (κ1) is 14.1. The maximum atomic E-state index is 12.0. The van der Waals surface area contributed by atoms with Gasteiger partial charge in [0.1, 0.15) is 11.8 Å². The molecule has 5 nitrogen and oxygen atoms in total. The van der Waals surface area contributed by atoms with Crippen LogP contribution in [0.5, 0.6) is 5.75 Å². The molecule has 1 heterocycles. The van der Waals surface area contributed by atoms with Gasteiger partial charge in [0.25, 0.3) is 5.91 Å². The minimum absolute atomic E-state index is 0.121. The summed E-state index contributed by atoms with van der Waals surface area (Å²) in [6, 6.07) is 6.67. The van der Waals surface area contributed by atoms with E-state index < -0.39 is 12.0 Å². The fraction of sp³-hybridized carbons (Fsp3) is 0.385. The van der Waals surface area contributed by atoms with Gasteiger partial charge in [0.15, 0.2) is 6.61 Å². The minimum Gasteiger partial charge on any atom is -0.484 e. The van der Waals surface area contributed by atoms with E-state index in [2.05, 4.69) is 22.6 Å². The Hall–Kier alpha value is -1.31. The Morgan fingerprint density at radius 3 is 2.95 bits per heavy atom. The zero-order valence-electron chi connectivity index (χ0n) is 10.2. The molecule has 1 fully saturated rings. The molecule has 0 radical (unpaired) electrons. The Morgan fingerprint density at radius 1 is 1.47 bits per heavy atom. The summed E-state index contributed by atoms with van der Waals surface area (Å²) in [4.78, 5) is 24.3. The fourth-order valence-electron chi connectivity index (χ4n) is 2.11. The van der Waals surface area contributed by atoms with Crippen molar-refractivity contribution in [3.8, 4) is 5.75 Å². The van der Waals surface area contributed by atoms with Crippen molar-refractivity contribution in [1.82, 2.24) is 4.90 Å². The van der Waals surface area contributed by atoms with E-state index in [0.717, 1.165) is 9.99 Å². The summed E-state index contributed by atoms with van der Waals surface area (Å²) in [5.41, 5.74) is 0. The van der Waals surface area contributed by atoms with E-state index in [9.17, 15) is 9.59 Å². The zero-order chi connectivity index (χ0) is 13.8. The molecule has 1 aromatic carbocycles. The summed E-state index contributed by atoms with van der Waals surface area (Å²) < 4.78 is 6.42. The highest BCUT2D eigenvalue weighted by Crippen LogP contribution is 2.19. The maximum Gasteiger partial charge on any atom is 0.326 e. The first-order valence-electron chi connectivity index (χ1n) is 5.98. The van der Waals surface area contributed by atoms with E-state index in [-0.39, 0.29) is 12.5 Å². The highest BCUT2D eigenvalue weighted by molar-refractivity contribution is 14.1. The lowest BCUT2D eigenvalue weighted by molar-refractivity contribution is -0.148. The smallest absolute Gasteiger partial charge is 0.326 e. The van der Waals surface area contributed by atoms with Crippen LogP contribution in [-0.2, 0) is 9.59 Å². The number of carbonyl (C=O) groups excluding carboxylic acids is 1. The van der Waals surface area contributed by atoms with Crippen LogP contribution in [0.15, 0.2) is 24.3 Å². The van der Waals surface area contributed by atoms with Gasteiger partial charge in [0.2, 0.25) is 0 Å². The van der Waals surface area contributed by atoms with Crippen molar-refractivity contribution in [2.45, 2.75) is 18.9 Å². The van der Waals surface area contributed by atoms with Gasteiger partial charge in [-0.2, -0.15) is 0 Å². The van der Waals surface area contributed by atoms with Crippen LogP contribution < -0.4 is 4.74 Å². The van der Waals surface area contributed by atoms with E-state index in [1.165, 1.54) is 4.90 Å². The van der Waals surface area contributed by atoms with Gasteiger partial charge in [-0.25, -0.2) is 4.79 Å². The largest absolute Gasteiger partial charge is 0.484 e. The number of aliphatic carboxylic acids is 1. The molecule has 0 bridgehead atoms. The van der Waals surface area contributed by atoms with Gasteiger partial charge in [-0.1, -0.05) is 6.07 Å². The van der Waals surface area contributed by atoms with Crippen molar-refractivity contribution in [2.75, 3.05) is 13.2 Å². The molecular formula is C13H14INO4. The van der Waals surface area contributed by atoms with Crippen LogP contribution in [0.2, 0.25) is 0 Å². The Balaban J connectivity index is 1.92.